The molecule has 1 aliphatic rings. The zero-order valence-corrected chi connectivity index (χ0v) is 8.16. The molecular weight excluding hydrogens is 181 g/mol. The smallest absolute Gasteiger partial charge is 0.125 e. The van der Waals surface area contributed by atoms with E-state index >= 15 is 0 Å². The lowest BCUT2D eigenvalue weighted by atomic mass is 10.1. The Hall–Kier alpha value is -1.09. The summed E-state index contributed by atoms with van der Waals surface area (Å²) in [6.45, 7) is 2.82. The summed E-state index contributed by atoms with van der Waals surface area (Å²) in [6.07, 6.45) is 1.19. The summed E-state index contributed by atoms with van der Waals surface area (Å²) in [5.41, 5.74) is 0.826. The second kappa shape index (κ2) is 3.96. The van der Waals surface area contributed by atoms with Gasteiger partial charge in [0.2, 0.25) is 0 Å². The third-order valence-corrected chi connectivity index (χ3v) is 2.55. The van der Waals surface area contributed by atoms with Gasteiger partial charge in [-0.15, -0.1) is 0 Å². The highest BCUT2D eigenvalue weighted by atomic mass is 19.1. The molecule has 0 radical (unpaired) electrons. The van der Waals surface area contributed by atoms with Crippen molar-refractivity contribution in [1.82, 2.24) is 0 Å². The Labute approximate surface area is 83.1 Å². The van der Waals surface area contributed by atoms with E-state index in [0.29, 0.717) is 6.04 Å². The zero-order chi connectivity index (χ0) is 9.97. The van der Waals surface area contributed by atoms with Crippen LogP contribution in [-0.4, -0.2) is 18.8 Å². The Morgan fingerprint density at radius 2 is 2.36 bits per heavy atom. The van der Waals surface area contributed by atoms with Crippen LogP contribution in [0, 0.1) is 5.82 Å². The SMILES string of the molecule is C[C@H]1OCC[C@H]1Nc1cccc(F)c1. The first-order valence-corrected chi connectivity index (χ1v) is 4.89. The molecule has 3 heteroatoms. The van der Waals surface area contributed by atoms with E-state index in [1.165, 1.54) is 12.1 Å². The van der Waals surface area contributed by atoms with E-state index in [-0.39, 0.29) is 11.9 Å². The normalized spacial score (nSPS) is 26.4. The van der Waals surface area contributed by atoms with Crippen LogP contribution in [0.5, 0.6) is 0 Å². The molecule has 0 aromatic heterocycles. The summed E-state index contributed by atoms with van der Waals surface area (Å²) in [5.74, 6) is -0.207. The van der Waals surface area contributed by atoms with Gasteiger partial charge in [-0.05, 0) is 31.5 Å². The first-order chi connectivity index (χ1) is 6.75. The Kier molecular flexibility index (Phi) is 2.68. The molecule has 1 aliphatic heterocycles. The first-order valence-electron chi connectivity index (χ1n) is 4.89. The molecular formula is C11H14FNO. The lowest BCUT2D eigenvalue weighted by Gasteiger charge is -2.17. The maximum absolute atomic E-state index is 12.9. The monoisotopic (exact) mass is 195 g/mol. The van der Waals surface area contributed by atoms with Crippen LogP contribution in [-0.2, 0) is 4.74 Å². The van der Waals surface area contributed by atoms with Crippen molar-refractivity contribution in [3.63, 3.8) is 0 Å². The Morgan fingerprint density at radius 3 is 3.00 bits per heavy atom. The predicted octanol–water partition coefficient (Wildman–Crippen LogP) is 2.42. The van der Waals surface area contributed by atoms with Crippen LogP contribution in [0.3, 0.4) is 0 Å². The van der Waals surface area contributed by atoms with Gasteiger partial charge in [0.1, 0.15) is 5.82 Å². The fraction of sp³-hybridized carbons (Fsp3) is 0.455. The molecule has 2 rings (SSSR count). The van der Waals surface area contributed by atoms with Crippen molar-refractivity contribution in [3.05, 3.63) is 30.1 Å². The molecule has 1 heterocycles. The molecule has 76 valence electrons. The van der Waals surface area contributed by atoms with Crippen molar-refractivity contribution < 1.29 is 9.13 Å². The van der Waals surface area contributed by atoms with Gasteiger partial charge < -0.3 is 10.1 Å². The molecule has 0 spiro atoms. The number of ether oxygens (including phenoxy) is 1. The lowest BCUT2D eigenvalue weighted by Crippen LogP contribution is -2.26. The molecule has 2 atom stereocenters. The molecule has 0 aliphatic carbocycles. The highest BCUT2D eigenvalue weighted by molar-refractivity contribution is 5.44. The predicted molar refractivity (Wildman–Crippen MR) is 53.8 cm³/mol. The van der Waals surface area contributed by atoms with Crippen LogP contribution in [0.25, 0.3) is 0 Å². The molecule has 0 saturated carbocycles. The van der Waals surface area contributed by atoms with E-state index in [1.54, 1.807) is 6.07 Å². The Bertz CT molecular complexity index is 316. The third kappa shape index (κ3) is 2.04. The Morgan fingerprint density at radius 1 is 1.50 bits per heavy atom. The van der Waals surface area contributed by atoms with Gasteiger partial charge in [0.25, 0.3) is 0 Å². The number of benzene rings is 1. The number of anilines is 1. The molecule has 1 aromatic carbocycles. The maximum atomic E-state index is 12.9. The average molecular weight is 195 g/mol. The van der Waals surface area contributed by atoms with E-state index < -0.39 is 0 Å². The fourth-order valence-corrected chi connectivity index (χ4v) is 1.71. The van der Waals surface area contributed by atoms with Gasteiger partial charge in [-0.25, -0.2) is 4.39 Å². The summed E-state index contributed by atoms with van der Waals surface area (Å²) < 4.78 is 18.3. The second-order valence-corrected chi connectivity index (χ2v) is 3.63. The van der Waals surface area contributed by atoms with E-state index in [1.807, 2.05) is 13.0 Å². The van der Waals surface area contributed by atoms with E-state index in [0.717, 1.165) is 18.7 Å². The van der Waals surface area contributed by atoms with Crippen molar-refractivity contribution in [2.24, 2.45) is 0 Å². The molecule has 1 saturated heterocycles. The van der Waals surface area contributed by atoms with Gasteiger partial charge in [0.05, 0.1) is 12.1 Å². The highest BCUT2D eigenvalue weighted by Crippen LogP contribution is 2.19. The van der Waals surface area contributed by atoms with Crippen LogP contribution in [0.4, 0.5) is 10.1 Å². The topological polar surface area (TPSA) is 21.3 Å². The maximum Gasteiger partial charge on any atom is 0.125 e. The van der Waals surface area contributed by atoms with Crippen LogP contribution >= 0.6 is 0 Å². The summed E-state index contributed by atoms with van der Waals surface area (Å²) in [5, 5.41) is 3.27. The largest absolute Gasteiger partial charge is 0.380 e. The summed E-state index contributed by atoms with van der Waals surface area (Å²) in [6, 6.07) is 6.83. The van der Waals surface area contributed by atoms with Gasteiger partial charge in [-0.1, -0.05) is 6.07 Å². The van der Waals surface area contributed by atoms with Gasteiger partial charge in [0, 0.05) is 12.3 Å². The average Bonchev–Trinajstić information content (AvgIpc) is 2.52. The zero-order valence-electron chi connectivity index (χ0n) is 8.16. The molecule has 2 nitrogen and oxygen atoms in total. The minimum atomic E-state index is -0.207. The number of halogens is 1. The summed E-state index contributed by atoms with van der Waals surface area (Å²) in [4.78, 5) is 0. The van der Waals surface area contributed by atoms with Crippen molar-refractivity contribution in [2.75, 3.05) is 11.9 Å². The van der Waals surface area contributed by atoms with Gasteiger partial charge in [-0.2, -0.15) is 0 Å². The van der Waals surface area contributed by atoms with Crippen LogP contribution in [0.1, 0.15) is 13.3 Å². The van der Waals surface area contributed by atoms with Crippen molar-refractivity contribution in [2.45, 2.75) is 25.5 Å². The minimum absolute atomic E-state index is 0.207. The van der Waals surface area contributed by atoms with Gasteiger partial charge in [0.15, 0.2) is 0 Å². The van der Waals surface area contributed by atoms with Gasteiger partial charge >= 0.3 is 0 Å². The standard InChI is InChI=1S/C11H14FNO/c1-8-11(5-6-14-8)13-10-4-2-3-9(12)7-10/h2-4,7-8,11,13H,5-6H2,1H3/t8-,11-/m1/s1. The second-order valence-electron chi connectivity index (χ2n) is 3.63. The lowest BCUT2D eigenvalue weighted by molar-refractivity contribution is 0.121. The molecule has 0 unspecified atom stereocenters. The van der Waals surface area contributed by atoms with Crippen molar-refractivity contribution in [1.29, 1.82) is 0 Å². The van der Waals surface area contributed by atoms with Gasteiger partial charge in [-0.3, -0.25) is 0 Å². The van der Waals surface area contributed by atoms with Crippen molar-refractivity contribution >= 4 is 5.69 Å². The van der Waals surface area contributed by atoms with Crippen LogP contribution < -0.4 is 5.32 Å². The summed E-state index contributed by atoms with van der Waals surface area (Å²) in [7, 11) is 0. The molecule has 1 N–H and O–H groups in total. The molecule has 0 amide bonds. The van der Waals surface area contributed by atoms with E-state index in [4.69, 9.17) is 4.74 Å². The number of rotatable bonds is 2. The highest BCUT2D eigenvalue weighted by Gasteiger charge is 2.23. The molecule has 0 bridgehead atoms. The summed E-state index contributed by atoms with van der Waals surface area (Å²) >= 11 is 0. The molecule has 1 aromatic rings. The van der Waals surface area contributed by atoms with Crippen LogP contribution in [0.15, 0.2) is 24.3 Å². The molecule has 14 heavy (non-hydrogen) atoms. The third-order valence-electron chi connectivity index (χ3n) is 2.55. The number of hydrogen-bond acceptors (Lipinski definition) is 2. The number of nitrogens with one attached hydrogen (secondary N) is 1. The minimum Gasteiger partial charge on any atom is -0.380 e. The van der Waals surface area contributed by atoms with E-state index in [2.05, 4.69) is 5.32 Å². The number of hydrogen-bond donors (Lipinski definition) is 1. The quantitative estimate of drug-likeness (QED) is 0.782. The first kappa shape index (κ1) is 9.46. The fourth-order valence-electron chi connectivity index (χ4n) is 1.71. The van der Waals surface area contributed by atoms with Crippen molar-refractivity contribution in [3.8, 4) is 0 Å². The van der Waals surface area contributed by atoms with Crippen LogP contribution in [0.2, 0.25) is 0 Å². The van der Waals surface area contributed by atoms with E-state index in [9.17, 15) is 4.39 Å². The molecule has 1 fully saturated rings. The Balaban J connectivity index is 2.03.